The molecule has 4 rings (SSSR count). The lowest BCUT2D eigenvalue weighted by molar-refractivity contribution is -0.114. The molecule has 0 saturated carbocycles. The normalized spacial score (nSPS) is 28.2. The zero-order valence-electron chi connectivity index (χ0n) is 16.3. The van der Waals surface area contributed by atoms with Crippen LogP contribution in [0.25, 0.3) is 0 Å². The number of nitrogens with zero attached hydrogens (tertiary/aromatic N) is 3. The third-order valence-electron chi connectivity index (χ3n) is 6.45. The molecular weight excluding hydrogens is 342 g/mol. The molecule has 144 valence electrons. The Morgan fingerprint density at radius 1 is 1.00 bits per heavy atom. The van der Waals surface area contributed by atoms with Crippen LogP contribution in [0.1, 0.15) is 66.3 Å². The lowest BCUT2D eigenvalue weighted by Crippen LogP contribution is -2.21. The van der Waals surface area contributed by atoms with Gasteiger partial charge in [0.2, 0.25) is 6.41 Å². The van der Waals surface area contributed by atoms with Crippen molar-refractivity contribution in [3.8, 4) is 0 Å². The predicted molar refractivity (Wildman–Crippen MR) is 101 cm³/mol. The van der Waals surface area contributed by atoms with Crippen LogP contribution in [-0.2, 0) is 10.3 Å². The largest absolute Gasteiger partial charge is 0.332 e. The summed E-state index contributed by atoms with van der Waals surface area (Å²) in [4.78, 5) is 42.6. The van der Waals surface area contributed by atoms with Crippen LogP contribution >= 0.6 is 0 Å². The van der Waals surface area contributed by atoms with Crippen molar-refractivity contribution >= 4 is 18.2 Å². The molecule has 3 fully saturated rings. The van der Waals surface area contributed by atoms with Gasteiger partial charge in [-0.3, -0.25) is 14.4 Å². The zero-order valence-corrected chi connectivity index (χ0v) is 16.3. The fraction of sp³-hybridized carbons (Fsp3) is 0.571. The van der Waals surface area contributed by atoms with Gasteiger partial charge >= 0.3 is 0 Å². The average Bonchev–Trinajstić information content (AvgIpc) is 3.59. The summed E-state index contributed by atoms with van der Waals surface area (Å²) in [6.07, 6.45) is 3.51. The second-order valence-electron chi connectivity index (χ2n) is 7.96. The molecule has 0 bridgehead atoms. The first kappa shape index (κ1) is 18.0. The van der Waals surface area contributed by atoms with Crippen LogP contribution in [0.3, 0.4) is 0 Å². The zero-order chi connectivity index (χ0) is 19.3. The van der Waals surface area contributed by atoms with E-state index < -0.39 is 0 Å². The van der Waals surface area contributed by atoms with Gasteiger partial charge in [-0.1, -0.05) is 20.8 Å². The molecule has 3 atom stereocenters. The molecule has 3 amide bonds. The lowest BCUT2D eigenvalue weighted by atomic mass is 9.92. The standard InChI is InChI=1S/C21H27N3O3/c1-4-17-10-23(17)19(26)14-7-15(20(27)24-11-18(24)5-2)9-16(8-14)21(6-3)12-22(21)13-25/h7-9,13,17-18H,4-6,10-12H2,1-3H3. The summed E-state index contributed by atoms with van der Waals surface area (Å²) in [6, 6.07) is 6.13. The Hall–Kier alpha value is -2.37. The molecule has 1 aromatic rings. The van der Waals surface area contributed by atoms with Gasteiger partial charge in [0.05, 0.1) is 5.54 Å². The maximum absolute atomic E-state index is 12.9. The molecule has 6 heteroatoms. The first-order valence-corrected chi connectivity index (χ1v) is 9.98. The van der Waals surface area contributed by atoms with E-state index in [1.54, 1.807) is 11.0 Å². The van der Waals surface area contributed by atoms with Crippen molar-refractivity contribution in [2.24, 2.45) is 0 Å². The van der Waals surface area contributed by atoms with Crippen LogP contribution in [-0.4, -0.2) is 64.6 Å². The van der Waals surface area contributed by atoms with Crippen molar-refractivity contribution in [3.05, 3.63) is 34.9 Å². The maximum atomic E-state index is 12.9. The molecule has 0 radical (unpaired) electrons. The second-order valence-corrected chi connectivity index (χ2v) is 7.96. The number of hydrogen-bond donors (Lipinski definition) is 0. The van der Waals surface area contributed by atoms with E-state index in [9.17, 15) is 14.4 Å². The molecule has 3 aliphatic rings. The van der Waals surface area contributed by atoms with E-state index in [1.165, 1.54) is 0 Å². The predicted octanol–water partition coefficient (Wildman–Crippen LogP) is 2.23. The molecule has 3 heterocycles. The summed E-state index contributed by atoms with van der Waals surface area (Å²) in [5, 5.41) is 0. The molecular formula is C21H27N3O3. The van der Waals surface area contributed by atoms with Crippen LogP contribution < -0.4 is 0 Å². The van der Waals surface area contributed by atoms with E-state index in [4.69, 9.17) is 0 Å². The summed E-state index contributed by atoms with van der Waals surface area (Å²) >= 11 is 0. The Bertz CT molecular complexity index is 760. The highest BCUT2D eigenvalue weighted by molar-refractivity contribution is 6.01. The summed E-state index contributed by atoms with van der Waals surface area (Å²) < 4.78 is 0. The minimum absolute atomic E-state index is 0.0138. The molecule has 27 heavy (non-hydrogen) atoms. The molecule has 3 unspecified atom stereocenters. The van der Waals surface area contributed by atoms with Crippen molar-refractivity contribution in [1.29, 1.82) is 0 Å². The number of hydrogen-bond acceptors (Lipinski definition) is 3. The van der Waals surface area contributed by atoms with E-state index in [0.717, 1.165) is 44.3 Å². The highest BCUT2D eigenvalue weighted by Gasteiger charge is 2.52. The van der Waals surface area contributed by atoms with E-state index in [0.29, 0.717) is 29.8 Å². The molecule has 3 aliphatic heterocycles. The Kier molecular flexibility index (Phi) is 4.24. The molecule has 0 N–H and O–H groups in total. The van der Waals surface area contributed by atoms with Crippen molar-refractivity contribution in [2.75, 3.05) is 19.6 Å². The van der Waals surface area contributed by atoms with E-state index in [1.807, 2.05) is 28.9 Å². The Morgan fingerprint density at radius 2 is 1.52 bits per heavy atom. The third kappa shape index (κ3) is 2.91. The van der Waals surface area contributed by atoms with Crippen LogP contribution in [0, 0.1) is 0 Å². The van der Waals surface area contributed by atoms with Gasteiger partial charge in [-0.2, -0.15) is 0 Å². The van der Waals surface area contributed by atoms with E-state index >= 15 is 0 Å². The molecule has 1 aromatic carbocycles. The fourth-order valence-corrected chi connectivity index (χ4v) is 4.19. The minimum Gasteiger partial charge on any atom is -0.332 e. The molecule has 6 nitrogen and oxygen atoms in total. The minimum atomic E-state index is -0.376. The number of amides is 3. The van der Waals surface area contributed by atoms with Crippen molar-refractivity contribution in [2.45, 2.75) is 57.7 Å². The van der Waals surface area contributed by atoms with Gasteiger partial charge in [0.25, 0.3) is 11.8 Å². The number of benzene rings is 1. The Balaban J connectivity index is 1.70. The van der Waals surface area contributed by atoms with E-state index in [2.05, 4.69) is 13.8 Å². The lowest BCUT2D eigenvalue weighted by Gasteiger charge is -2.17. The fourth-order valence-electron chi connectivity index (χ4n) is 4.19. The molecule has 0 aliphatic carbocycles. The van der Waals surface area contributed by atoms with Gasteiger partial charge in [-0.05, 0) is 43.0 Å². The van der Waals surface area contributed by atoms with Gasteiger partial charge in [-0.25, -0.2) is 0 Å². The topological polar surface area (TPSA) is 60.2 Å². The summed E-state index contributed by atoms with van der Waals surface area (Å²) in [6.45, 7) is 8.40. The first-order valence-electron chi connectivity index (χ1n) is 9.98. The quantitative estimate of drug-likeness (QED) is 0.547. The summed E-state index contributed by atoms with van der Waals surface area (Å²) in [5.74, 6) is -0.0275. The van der Waals surface area contributed by atoms with Gasteiger partial charge < -0.3 is 14.7 Å². The van der Waals surface area contributed by atoms with Crippen LogP contribution in [0.2, 0.25) is 0 Å². The third-order valence-corrected chi connectivity index (χ3v) is 6.45. The average molecular weight is 369 g/mol. The smallest absolute Gasteiger partial charge is 0.254 e. The van der Waals surface area contributed by atoms with Crippen molar-refractivity contribution in [1.82, 2.24) is 14.7 Å². The second kappa shape index (κ2) is 6.36. The number of rotatable bonds is 7. The summed E-state index contributed by atoms with van der Waals surface area (Å²) in [5.41, 5.74) is 1.65. The van der Waals surface area contributed by atoms with Gasteiger partial charge in [0, 0.05) is 42.8 Å². The van der Waals surface area contributed by atoms with Crippen molar-refractivity contribution < 1.29 is 14.4 Å². The van der Waals surface area contributed by atoms with Crippen LogP contribution in [0.5, 0.6) is 0 Å². The highest BCUT2D eigenvalue weighted by Crippen LogP contribution is 2.45. The number of carbonyl (C=O) groups is 3. The Labute approximate surface area is 160 Å². The Morgan fingerprint density at radius 3 is 1.85 bits per heavy atom. The SMILES string of the molecule is CCC1CN1C(=O)c1cc(C(=O)N2CC2CC)cc(C2(CC)CN2C=O)c1. The molecule has 3 saturated heterocycles. The maximum Gasteiger partial charge on any atom is 0.254 e. The summed E-state index contributed by atoms with van der Waals surface area (Å²) in [7, 11) is 0. The van der Waals surface area contributed by atoms with Crippen LogP contribution in [0.4, 0.5) is 0 Å². The highest BCUT2D eigenvalue weighted by atomic mass is 16.2. The van der Waals surface area contributed by atoms with Gasteiger partial charge in [0.1, 0.15) is 0 Å². The van der Waals surface area contributed by atoms with E-state index in [-0.39, 0.29) is 17.4 Å². The van der Waals surface area contributed by atoms with Crippen molar-refractivity contribution in [3.63, 3.8) is 0 Å². The first-order chi connectivity index (χ1) is 13.0. The molecule has 0 aromatic heterocycles. The monoisotopic (exact) mass is 369 g/mol. The van der Waals surface area contributed by atoms with Gasteiger partial charge in [0.15, 0.2) is 0 Å². The number of carbonyl (C=O) groups excluding carboxylic acids is 3. The van der Waals surface area contributed by atoms with Gasteiger partial charge in [-0.15, -0.1) is 0 Å². The molecule has 0 spiro atoms. The van der Waals surface area contributed by atoms with Crippen LogP contribution in [0.15, 0.2) is 18.2 Å².